The lowest BCUT2D eigenvalue weighted by Gasteiger charge is -2.32. The Morgan fingerprint density at radius 1 is 0.900 bits per heavy atom. The van der Waals surface area contributed by atoms with E-state index in [9.17, 15) is 9.59 Å². The van der Waals surface area contributed by atoms with Crippen LogP contribution in [0.15, 0.2) is 60.7 Å². The summed E-state index contributed by atoms with van der Waals surface area (Å²) in [5.74, 6) is 2.26. The number of nitrogens with zero attached hydrogens (tertiary/aromatic N) is 1. The van der Waals surface area contributed by atoms with Crippen LogP contribution in [0.4, 0.5) is 0 Å². The number of hydrogen-bond donors (Lipinski definition) is 1. The lowest BCUT2D eigenvalue weighted by Crippen LogP contribution is -2.43. The minimum atomic E-state index is -0.943. The Bertz CT molecular complexity index is 1340. The Hall–Kier alpha value is -4.44. The molecular weight excluding hydrogens is 516 g/mol. The molecule has 0 saturated carbocycles. The minimum absolute atomic E-state index is 0.0898. The smallest absolute Gasteiger partial charge is 0.255 e. The molecule has 210 valence electrons. The summed E-state index contributed by atoms with van der Waals surface area (Å²) < 4.78 is 32.7. The first-order valence-electron chi connectivity index (χ1n) is 13.2. The number of carbonyl (C=O) groups is 2. The Kier molecular flexibility index (Phi) is 8.56. The highest BCUT2D eigenvalue weighted by molar-refractivity contribution is 5.98. The van der Waals surface area contributed by atoms with Crippen molar-refractivity contribution in [3.05, 3.63) is 77.4 Å². The number of methoxy groups -OCH3 is 1. The third kappa shape index (κ3) is 6.07. The van der Waals surface area contributed by atoms with Gasteiger partial charge in [-0.15, -0.1) is 0 Å². The fourth-order valence-corrected chi connectivity index (χ4v) is 4.60. The van der Waals surface area contributed by atoms with E-state index in [1.165, 1.54) is 0 Å². The lowest BCUT2D eigenvalue weighted by atomic mass is 10.0. The van der Waals surface area contributed by atoms with Gasteiger partial charge in [0.1, 0.15) is 11.8 Å². The number of benzene rings is 3. The largest absolute Gasteiger partial charge is 0.497 e. The maximum atomic E-state index is 14.2. The van der Waals surface area contributed by atoms with Crippen LogP contribution in [0.2, 0.25) is 0 Å². The van der Waals surface area contributed by atoms with E-state index < -0.39 is 6.04 Å². The summed E-state index contributed by atoms with van der Waals surface area (Å²) in [6.07, 6.45) is 0.646. The van der Waals surface area contributed by atoms with Crippen LogP contribution in [0.25, 0.3) is 0 Å². The predicted molar refractivity (Wildman–Crippen MR) is 145 cm³/mol. The van der Waals surface area contributed by atoms with Gasteiger partial charge in [-0.05, 0) is 66.9 Å². The predicted octanol–water partition coefficient (Wildman–Crippen LogP) is 4.08. The Labute approximate surface area is 232 Å². The molecule has 3 aromatic carbocycles. The summed E-state index contributed by atoms with van der Waals surface area (Å²) in [5.41, 5.74) is 1.78. The standard InChI is InChI=1S/C30H32N2O8/c1-3-36-14-4-13-31-29(33)28(21-6-9-23(35-2)10-7-21)32(17-20-5-11-24-26(15-20)39-18-37-24)30(34)22-8-12-25-27(16-22)40-19-38-25/h5-12,15-16,28H,3-4,13-14,17-19H2,1-2H3,(H,31,33)/t28-/m0/s1. The van der Waals surface area contributed by atoms with E-state index in [4.69, 9.17) is 28.4 Å². The van der Waals surface area contributed by atoms with E-state index in [-0.39, 0.29) is 31.9 Å². The highest BCUT2D eigenvalue weighted by Crippen LogP contribution is 2.36. The van der Waals surface area contributed by atoms with Crippen LogP contribution in [0, 0.1) is 0 Å². The number of carbonyl (C=O) groups excluding carboxylic acids is 2. The Morgan fingerprint density at radius 3 is 2.27 bits per heavy atom. The van der Waals surface area contributed by atoms with Gasteiger partial charge >= 0.3 is 0 Å². The van der Waals surface area contributed by atoms with Crippen LogP contribution in [0.5, 0.6) is 28.7 Å². The molecule has 0 aliphatic carbocycles. The zero-order valence-electron chi connectivity index (χ0n) is 22.5. The van der Waals surface area contributed by atoms with Gasteiger partial charge in [-0.25, -0.2) is 0 Å². The number of hydrogen-bond acceptors (Lipinski definition) is 8. The molecule has 2 amide bonds. The molecule has 0 saturated heterocycles. The van der Waals surface area contributed by atoms with Crippen LogP contribution in [0.1, 0.15) is 40.9 Å². The molecule has 0 unspecified atom stereocenters. The van der Waals surface area contributed by atoms with Crippen molar-refractivity contribution in [3.8, 4) is 28.7 Å². The monoisotopic (exact) mass is 548 g/mol. The van der Waals surface area contributed by atoms with Crippen LogP contribution < -0.4 is 29.0 Å². The average Bonchev–Trinajstić information content (AvgIpc) is 3.65. The number of rotatable bonds is 12. The third-order valence-electron chi connectivity index (χ3n) is 6.63. The minimum Gasteiger partial charge on any atom is -0.497 e. The van der Waals surface area contributed by atoms with E-state index in [1.54, 1.807) is 60.5 Å². The van der Waals surface area contributed by atoms with Gasteiger partial charge in [0.2, 0.25) is 19.5 Å². The fraction of sp³-hybridized carbons (Fsp3) is 0.333. The van der Waals surface area contributed by atoms with Gasteiger partial charge in [-0.1, -0.05) is 18.2 Å². The van der Waals surface area contributed by atoms with Crippen molar-refractivity contribution in [3.63, 3.8) is 0 Å². The normalized spacial score (nSPS) is 13.6. The van der Waals surface area contributed by atoms with Crippen molar-refractivity contribution in [1.29, 1.82) is 0 Å². The second-order valence-electron chi connectivity index (χ2n) is 9.21. The van der Waals surface area contributed by atoms with E-state index in [2.05, 4.69) is 5.32 Å². The van der Waals surface area contributed by atoms with Crippen LogP contribution in [-0.2, 0) is 16.1 Å². The zero-order valence-corrected chi connectivity index (χ0v) is 22.5. The van der Waals surface area contributed by atoms with Crippen LogP contribution in [-0.4, -0.2) is 57.2 Å². The van der Waals surface area contributed by atoms with Crippen molar-refractivity contribution < 1.29 is 38.0 Å². The van der Waals surface area contributed by atoms with Gasteiger partial charge in [0.25, 0.3) is 5.91 Å². The Balaban J connectivity index is 1.51. The highest BCUT2D eigenvalue weighted by atomic mass is 16.7. The molecule has 1 atom stereocenters. The maximum absolute atomic E-state index is 14.2. The molecule has 0 spiro atoms. The van der Waals surface area contributed by atoms with Gasteiger partial charge < -0.3 is 38.6 Å². The second-order valence-corrected chi connectivity index (χ2v) is 9.21. The van der Waals surface area contributed by atoms with Crippen molar-refractivity contribution in [2.24, 2.45) is 0 Å². The van der Waals surface area contributed by atoms with E-state index in [1.807, 2.05) is 19.1 Å². The Morgan fingerprint density at radius 2 is 1.57 bits per heavy atom. The van der Waals surface area contributed by atoms with E-state index in [0.29, 0.717) is 66.1 Å². The second kappa shape index (κ2) is 12.6. The molecule has 5 rings (SSSR count). The van der Waals surface area contributed by atoms with E-state index >= 15 is 0 Å². The average molecular weight is 549 g/mol. The molecule has 1 N–H and O–H groups in total. The van der Waals surface area contributed by atoms with Crippen molar-refractivity contribution in [2.45, 2.75) is 25.9 Å². The molecule has 2 aliphatic heterocycles. The molecule has 0 bridgehead atoms. The zero-order chi connectivity index (χ0) is 27.9. The number of ether oxygens (including phenoxy) is 6. The summed E-state index contributed by atoms with van der Waals surface area (Å²) in [7, 11) is 1.58. The number of amides is 2. The molecular formula is C30H32N2O8. The van der Waals surface area contributed by atoms with Crippen LogP contribution in [0.3, 0.4) is 0 Å². The van der Waals surface area contributed by atoms with Gasteiger partial charge in [0.15, 0.2) is 23.0 Å². The van der Waals surface area contributed by atoms with Crippen molar-refractivity contribution in [1.82, 2.24) is 10.2 Å². The quantitative estimate of drug-likeness (QED) is 0.338. The molecule has 0 aromatic heterocycles. The number of nitrogens with one attached hydrogen (secondary N) is 1. The molecule has 3 aromatic rings. The third-order valence-corrected chi connectivity index (χ3v) is 6.63. The van der Waals surface area contributed by atoms with Crippen molar-refractivity contribution >= 4 is 11.8 Å². The molecule has 10 nitrogen and oxygen atoms in total. The highest BCUT2D eigenvalue weighted by Gasteiger charge is 2.33. The lowest BCUT2D eigenvalue weighted by molar-refractivity contribution is -0.126. The first-order valence-corrected chi connectivity index (χ1v) is 13.2. The molecule has 0 radical (unpaired) electrons. The van der Waals surface area contributed by atoms with Gasteiger partial charge in [-0.3, -0.25) is 9.59 Å². The summed E-state index contributed by atoms with van der Waals surface area (Å²) in [4.78, 5) is 29.5. The molecule has 2 heterocycles. The van der Waals surface area contributed by atoms with Gasteiger partial charge in [-0.2, -0.15) is 0 Å². The summed E-state index contributed by atoms with van der Waals surface area (Å²) in [5, 5.41) is 2.99. The molecule has 40 heavy (non-hydrogen) atoms. The summed E-state index contributed by atoms with van der Waals surface area (Å²) >= 11 is 0. The SMILES string of the molecule is CCOCCCNC(=O)[C@H](c1ccc(OC)cc1)N(Cc1ccc2c(c1)OCO2)C(=O)c1ccc2c(c1)OCO2. The van der Waals surface area contributed by atoms with Crippen molar-refractivity contribution in [2.75, 3.05) is 40.5 Å². The first-order chi connectivity index (χ1) is 19.6. The van der Waals surface area contributed by atoms with E-state index in [0.717, 1.165) is 5.56 Å². The topological polar surface area (TPSA) is 105 Å². The van der Waals surface area contributed by atoms with Crippen LogP contribution >= 0.6 is 0 Å². The van der Waals surface area contributed by atoms with Gasteiger partial charge in [0.05, 0.1) is 7.11 Å². The molecule has 10 heteroatoms. The van der Waals surface area contributed by atoms with Gasteiger partial charge in [0, 0.05) is 31.9 Å². The summed E-state index contributed by atoms with van der Waals surface area (Å²) in [6.45, 7) is 3.82. The molecule has 0 fully saturated rings. The summed E-state index contributed by atoms with van der Waals surface area (Å²) in [6, 6.07) is 16.7. The first kappa shape index (κ1) is 27.1. The maximum Gasteiger partial charge on any atom is 0.255 e. The fourth-order valence-electron chi connectivity index (χ4n) is 4.60. The number of fused-ring (bicyclic) bond motifs is 2. The molecule has 2 aliphatic rings.